The predicted molar refractivity (Wildman–Crippen MR) is 86.5 cm³/mol. The number of amides is 1. The van der Waals surface area contributed by atoms with Crippen LogP contribution in [-0.2, 0) is 4.79 Å². The van der Waals surface area contributed by atoms with E-state index in [4.69, 9.17) is 22.1 Å². The van der Waals surface area contributed by atoms with Crippen molar-refractivity contribution in [2.24, 2.45) is 10.7 Å². The summed E-state index contributed by atoms with van der Waals surface area (Å²) in [4.78, 5) is 25.0. The van der Waals surface area contributed by atoms with Crippen LogP contribution >= 0.6 is 11.6 Å². The molecule has 0 aliphatic rings. The number of carbonyl (C=O) groups excluding carboxylic acids is 1. The lowest BCUT2D eigenvalue weighted by Crippen LogP contribution is -2.19. The summed E-state index contributed by atoms with van der Waals surface area (Å²) in [5.74, 6) is -0.0527. The first-order chi connectivity index (χ1) is 11.0. The zero-order valence-corrected chi connectivity index (χ0v) is 12.6. The van der Waals surface area contributed by atoms with Gasteiger partial charge >= 0.3 is 0 Å². The molecule has 0 aliphatic carbocycles. The topological polar surface area (TPSA) is 108 Å². The Balaban J connectivity index is 2.09. The SMILES string of the molecule is NC(=O)COc1ccc(C=Nc2ccc(Cl)c([N+](=O)[O-])c2)cc1. The van der Waals surface area contributed by atoms with Crippen LogP contribution in [0.2, 0.25) is 5.02 Å². The number of carbonyl (C=O) groups is 1. The van der Waals surface area contributed by atoms with Crippen molar-refractivity contribution in [3.8, 4) is 5.75 Å². The standard InChI is InChI=1S/C15H12ClN3O4/c16-13-6-3-11(7-14(13)19(21)22)18-8-10-1-4-12(5-2-10)23-9-15(17)20/h1-8H,9H2,(H2,17,20). The van der Waals surface area contributed by atoms with Crippen molar-refractivity contribution in [1.29, 1.82) is 0 Å². The van der Waals surface area contributed by atoms with Crippen molar-refractivity contribution in [2.75, 3.05) is 6.61 Å². The van der Waals surface area contributed by atoms with E-state index in [2.05, 4.69) is 4.99 Å². The van der Waals surface area contributed by atoms with E-state index in [9.17, 15) is 14.9 Å². The van der Waals surface area contributed by atoms with Crippen LogP contribution in [0.25, 0.3) is 0 Å². The molecular formula is C15H12ClN3O4. The maximum absolute atomic E-state index is 10.8. The zero-order chi connectivity index (χ0) is 16.8. The summed E-state index contributed by atoms with van der Waals surface area (Å²) in [6.07, 6.45) is 1.55. The number of hydrogen-bond acceptors (Lipinski definition) is 5. The second-order valence-corrected chi connectivity index (χ2v) is 4.88. The number of primary amides is 1. The van der Waals surface area contributed by atoms with Crippen LogP contribution in [0.5, 0.6) is 5.75 Å². The number of rotatable bonds is 6. The molecule has 23 heavy (non-hydrogen) atoms. The van der Waals surface area contributed by atoms with Crippen LogP contribution in [0.4, 0.5) is 11.4 Å². The number of nitrogens with two attached hydrogens (primary N) is 1. The fourth-order valence-electron chi connectivity index (χ4n) is 1.67. The number of halogens is 1. The second-order valence-electron chi connectivity index (χ2n) is 4.48. The fourth-order valence-corrected chi connectivity index (χ4v) is 1.86. The van der Waals surface area contributed by atoms with E-state index in [1.54, 1.807) is 36.5 Å². The highest BCUT2D eigenvalue weighted by atomic mass is 35.5. The highest BCUT2D eigenvalue weighted by Gasteiger charge is 2.12. The number of benzene rings is 2. The first-order valence-corrected chi connectivity index (χ1v) is 6.82. The molecule has 2 N–H and O–H groups in total. The summed E-state index contributed by atoms with van der Waals surface area (Å²) in [6, 6.07) is 11.1. The van der Waals surface area contributed by atoms with Gasteiger partial charge in [0.25, 0.3) is 11.6 Å². The Labute approximate surface area is 136 Å². The lowest BCUT2D eigenvalue weighted by atomic mass is 10.2. The summed E-state index contributed by atoms with van der Waals surface area (Å²) < 4.78 is 5.13. The van der Waals surface area contributed by atoms with Crippen molar-refractivity contribution >= 4 is 35.1 Å². The molecular weight excluding hydrogens is 322 g/mol. The van der Waals surface area contributed by atoms with E-state index in [1.165, 1.54) is 12.1 Å². The first kappa shape index (κ1) is 16.4. The zero-order valence-electron chi connectivity index (χ0n) is 11.8. The quantitative estimate of drug-likeness (QED) is 0.498. The number of nitro groups is 1. The number of hydrogen-bond donors (Lipinski definition) is 1. The van der Waals surface area contributed by atoms with E-state index in [0.29, 0.717) is 11.4 Å². The largest absolute Gasteiger partial charge is 0.484 e. The molecule has 0 spiro atoms. The van der Waals surface area contributed by atoms with Gasteiger partial charge in [-0.25, -0.2) is 0 Å². The normalized spacial score (nSPS) is 10.7. The molecule has 0 saturated heterocycles. The molecule has 118 valence electrons. The van der Waals surface area contributed by atoms with Crippen molar-refractivity contribution in [3.63, 3.8) is 0 Å². The van der Waals surface area contributed by atoms with Crippen LogP contribution in [0, 0.1) is 10.1 Å². The van der Waals surface area contributed by atoms with Gasteiger partial charge in [-0.1, -0.05) is 11.6 Å². The summed E-state index contributed by atoms with van der Waals surface area (Å²) in [5.41, 5.74) is 5.96. The molecule has 0 aliphatic heterocycles. The lowest BCUT2D eigenvalue weighted by Gasteiger charge is -2.03. The third-order valence-electron chi connectivity index (χ3n) is 2.75. The Bertz CT molecular complexity index is 760. The van der Waals surface area contributed by atoms with E-state index < -0.39 is 10.8 Å². The minimum absolute atomic E-state index is 0.0601. The molecule has 0 atom stereocenters. The van der Waals surface area contributed by atoms with Gasteiger partial charge in [-0.3, -0.25) is 19.9 Å². The van der Waals surface area contributed by atoms with E-state index in [0.717, 1.165) is 5.56 Å². The fraction of sp³-hybridized carbons (Fsp3) is 0.0667. The summed E-state index contributed by atoms with van der Waals surface area (Å²) in [7, 11) is 0. The number of aliphatic imine (C=N–C) groups is 1. The van der Waals surface area contributed by atoms with Gasteiger partial charge in [0, 0.05) is 12.3 Å². The molecule has 0 heterocycles. The van der Waals surface area contributed by atoms with Gasteiger partial charge in [0.15, 0.2) is 6.61 Å². The minimum Gasteiger partial charge on any atom is -0.484 e. The molecule has 0 fully saturated rings. The summed E-state index contributed by atoms with van der Waals surface area (Å²) in [6.45, 7) is -0.193. The van der Waals surface area contributed by atoms with E-state index in [1.807, 2.05) is 0 Å². The highest BCUT2D eigenvalue weighted by molar-refractivity contribution is 6.32. The van der Waals surface area contributed by atoms with Crippen molar-refractivity contribution in [1.82, 2.24) is 0 Å². The van der Waals surface area contributed by atoms with Crippen molar-refractivity contribution in [2.45, 2.75) is 0 Å². The van der Waals surface area contributed by atoms with Crippen LogP contribution < -0.4 is 10.5 Å². The van der Waals surface area contributed by atoms with Crippen LogP contribution in [-0.4, -0.2) is 23.7 Å². The first-order valence-electron chi connectivity index (χ1n) is 6.45. The number of nitrogens with zero attached hydrogens (tertiary/aromatic N) is 2. The highest BCUT2D eigenvalue weighted by Crippen LogP contribution is 2.28. The average molecular weight is 334 g/mol. The lowest BCUT2D eigenvalue weighted by molar-refractivity contribution is -0.384. The maximum atomic E-state index is 10.8. The van der Waals surface area contributed by atoms with Gasteiger partial charge in [-0.05, 0) is 42.0 Å². The molecule has 0 bridgehead atoms. The van der Waals surface area contributed by atoms with Gasteiger partial charge in [0.1, 0.15) is 10.8 Å². The summed E-state index contributed by atoms with van der Waals surface area (Å²) in [5, 5.41) is 10.9. The third kappa shape index (κ3) is 4.79. The monoisotopic (exact) mass is 333 g/mol. The Morgan fingerprint density at radius 2 is 2.00 bits per heavy atom. The Hall–Kier alpha value is -2.93. The third-order valence-corrected chi connectivity index (χ3v) is 3.07. The molecule has 7 nitrogen and oxygen atoms in total. The molecule has 8 heteroatoms. The van der Waals surface area contributed by atoms with Crippen molar-refractivity contribution < 1.29 is 14.5 Å². The predicted octanol–water partition coefficient (Wildman–Crippen LogP) is 2.86. The molecule has 0 saturated carbocycles. The second kappa shape index (κ2) is 7.37. The summed E-state index contributed by atoms with van der Waals surface area (Å²) >= 11 is 5.74. The molecule has 2 rings (SSSR count). The average Bonchev–Trinajstić information content (AvgIpc) is 2.52. The van der Waals surface area contributed by atoms with Crippen LogP contribution in [0.15, 0.2) is 47.5 Å². The van der Waals surface area contributed by atoms with E-state index >= 15 is 0 Å². The van der Waals surface area contributed by atoms with E-state index in [-0.39, 0.29) is 17.3 Å². The van der Waals surface area contributed by atoms with Crippen LogP contribution in [0.3, 0.4) is 0 Å². The van der Waals surface area contributed by atoms with Gasteiger partial charge in [-0.2, -0.15) is 0 Å². The van der Waals surface area contributed by atoms with Gasteiger partial charge < -0.3 is 10.5 Å². The van der Waals surface area contributed by atoms with Gasteiger partial charge in [-0.15, -0.1) is 0 Å². The Kier molecular flexibility index (Phi) is 5.27. The Morgan fingerprint density at radius 3 is 2.61 bits per heavy atom. The van der Waals surface area contributed by atoms with Gasteiger partial charge in [0.2, 0.25) is 0 Å². The number of ether oxygens (including phenoxy) is 1. The molecule has 1 amide bonds. The van der Waals surface area contributed by atoms with Crippen molar-refractivity contribution in [3.05, 3.63) is 63.2 Å². The molecule has 2 aromatic carbocycles. The maximum Gasteiger partial charge on any atom is 0.290 e. The van der Waals surface area contributed by atoms with Gasteiger partial charge in [0.05, 0.1) is 10.6 Å². The molecule has 2 aromatic rings. The molecule has 0 radical (unpaired) electrons. The Morgan fingerprint density at radius 1 is 1.30 bits per heavy atom. The minimum atomic E-state index is -0.563. The molecule has 0 unspecified atom stereocenters. The van der Waals surface area contributed by atoms with Crippen LogP contribution in [0.1, 0.15) is 5.56 Å². The number of nitro benzene ring substituents is 1. The molecule has 0 aromatic heterocycles. The smallest absolute Gasteiger partial charge is 0.290 e.